The molecule has 31 heavy (non-hydrogen) atoms. The molecule has 170 valence electrons. The van der Waals surface area contributed by atoms with Gasteiger partial charge in [0.25, 0.3) is 0 Å². The number of carbonyl (C=O) groups is 1. The molecule has 5 nitrogen and oxygen atoms in total. The van der Waals surface area contributed by atoms with Crippen LogP contribution in [0.1, 0.15) is 58.4 Å². The van der Waals surface area contributed by atoms with E-state index >= 15 is 0 Å². The summed E-state index contributed by atoms with van der Waals surface area (Å²) in [4.78, 5) is 15.6. The lowest BCUT2D eigenvalue weighted by atomic mass is 9.73. The van der Waals surface area contributed by atoms with Crippen LogP contribution in [0.5, 0.6) is 0 Å². The third-order valence-corrected chi connectivity index (χ3v) is 6.69. The first-order valence-electron chi connectivity index (χ1n) is 11.6. The summed E-state index contributed by atoms with van der Waals surface area (Å²) in [7, 11) is 1.75. The quantitative estimate of drug-likeness (QED) is 0.373. The molecule has 1 aliphatic rings. The molecular formula is C26H38N2O3. The van der Waals surface area contributed by atoms with Gasteiger partial charge >= 0.3 is 5.97 Å². The van der Waals surface area contributed by atoms with Gasteiger partial charge in [-0.1, -0.05) is 39.8 Å². The monoisotopic (exact) mass is 426 g/mol. The van der Waals surface area contributed by atoms with Crippen LogP contribution in [0.2, 0.25) is 0 Å². The van der Waals surface area contributed by atoms with Crippen molar-refractivity contribution < 1.29 is 14.3 Å². The van der Waals surface area contributed by atoms with E-state index < -0.39 is 0 Å². The van der Waals surface area contributed by atoms with Crippen LogP contribution in [-0.2, 0) is 14.3 Å². The maximum Gasteiger partial charge on any atom is 0.318 e. The molecule has 4 atom stereocenters. The second-order valence-corrected chi connectivity index (χ2v) is 9.58. The van der Waals surface area contributed by atoms with E-state index in [9.17, 15) is 4.79 Å². The number of H-pyrrole nitrogens is 1. The Bertz CT molecular complexity index is 899. The molecule has 0 amide bonds. The molecule has 1 unspecified atom stereocenters. The number of nitrogens with two attached hydrogens (primary N) is 1. The smallest absolute Gasteiger partial charge is 0.318 e. The van der Waals surface area contributed by atoms with Crippen molar-refractivity contribution in [1.82, 2.24) is 4.98 Å². The first-order chi connectivity index (χ1) is 14.8. The lowest BCUT2D eigenvalue weighted by molar-refractivity contribution is -0.141. The maximum absolute atomic E-state index is 12.2. The number of carbonyl (C=O) groups excluding carboxylic acids is 1. The molecule has 2 aromatic rings. The molecule has 1 aliphatic heterocycles. The minimum atomic E-state index is -0.278. The number of esters is 1. The molecule has 0 radical (unpaired) electrons. The molecule has 2 heterocycles. The van der Waals surface area contributed by atoms with Crippen LogP contribution in [0.25, 0.3) is 10.9 Å². The molecule has 0 saturated carbocycles. The van der Waals surface area contributed by atoms with E-state index in [1.165, 1.54) is 10.9 Å². The van der Waals surface area contributed by atoms with Crippen molar-refractivity contribution in [2.45, 2.75) is 58.9 Å². The zero-order chi connectivity index (χ0) is 22.5. The molecular weight excluding hydrogens is 388 g/mol. The van der Waals surface area contributed by atoms with Gasteiger partial charge in [0.15, 0.2) is 0 Å². The molecule has 0 aliphatic carbocycles. The average Bonchev–Trinajstić information content (AvgIpc) is 3.35. The molecule has 5 heteroatoms. The highest BCUT2D eigenvalue weighted by Crippen LogP contribution is 2.39. The summed E-state index contributed by atoms with van der Waals surface area (Å²) in [6.45, 7) is 9.35. The fourth-order valence-corrected chi connectivity index (χ4v) is 4.81. The van der Waals surface area contributed by atoms with Gasteiger partial charge in [0, 0.05) is 25.4 Å². The predicted octanol–water partition coefficient (Wildman–Crippen LogP) is 5.38. The highest BCUT2D eigenvalue weighted by Gasteiger charge is 2.35. The number of hydrogen-bond acceptors (Lipinski definition) is 4. The fraction of sp³-hybridized carbons (Fsp3) is 0.577. The van der Waals surface area contributed by atoms with E-state index in [2.05, 4.69) is 43.1 Å². The zero-order valence-electron chi connectivity index (χ0n) is 19.6. The first-order valence-corrected chi connectivity index (χ1v) is 11.6. The highest BCUT2D eigenvalue weighted by molar-refractivity contribution is 5.80. The largest absolute Gasteiger partial charge is 0.429 e. The van der Waals surface area contributed by atoms with Crippen LogP contribution in [0.15, 0.2) is 42.3 Å². The Labute approximate surface area is 186 Å². The second kappa shape index (κ2) is 10.5. The highest BCUT2D eigenvalue weighted by atomic mass is 16.5. The van der Waals surface area contributed by atoms with Gasteiger partial charge in [-0.3, -0.25) is 4.79 Å². The summed E-state index contributed by atoms with van der Waals surface area (Å²) < 4.78 is 10.9. The average molecular weight is 427 g/mol. The first kappa shape index (κ1) is 23.6. The van der Waals surface area contributed by atoms with Crippen molar-refractivity contribution in [2.75, 3.05) is 13.7 Å². The Morgan fingerprint density at radius 2 is 1.97 bits per heavy atom. The van der Waals surface area contributed by atoms with Gasteiger partial charge in [0.2, 0.25) is 0 Å². The van der Waals surface area contributed by atoms with E-state index in [0.717, 1.165) is 31.4 Å². The van der Waals surface area contributed by atoms with Gasteiger partial charge in [-0.15, -0.1) is 0 Å². The third-order valence-electron chi connectivity index (χ3n) is 6.69. The Hall–Kier alpha value is -2.11. The van der Waals surface area contributed by atoms with Crippen LogP contribution in [0, 0.1) is 23.7 Å². The SMILES string of the molecule is COCCCC(c1ccc2cc[nH]c2c1)[C@@H](C[C@H](N)C1=C[C@H](C(C)C)C(=O)O1)C(C)C. The molecule has 1 aromatic heterocycles. The van der Waals surface area contributed by atoms with Crippen molar-refractivity contribution >= 4 is 16.9 Å². The number of hydrogen-bond donors (Lipinski definition) is 2. The van der Waals surface area contributed by atoms with Gasteiger partial charge in [-0.25, -0.2) is 0 Å². The van der Waals surface area contributed by atoms with E-state index in [-0.39, 0.29) is 23.8 Å². The number of cyclic esters (lactones) is 1. The summed E-state index contributed by atoms with van der Waals surface area (Å²) in [5.41, 5.74) is 9.10. The fourth-order valence-electron chi connectivity index (χ4n) is 4.81. The van der Waals surface area contributed by atoms with Crippen molar-refractivity contribution in [1.29, 1.82) is 0 Å². The topological polar surface area (TPSA) is 77.3 Å². The minimum absolute atomic E-state index is 0.171. The number of nitrogens with one attached hydrogen (secondary N) is 1. The van der Waals surface area contributed by atoms with Gasteiger partial charge < -0.3 is 20.2 Å². The summed E-state index contributed by atoms with van der Waals surface area (Å²) in [5, 5.41) is 1.22. The van der Waals surface area contributed by atoms with E-state index in [4.69, 9.17) is 15.2 Å². The predicted molar refractivity (Wildman–Crippen MR) is 126 cm³/mol. The third kappa shape index (κ3) is 5.58. The maximum atomic E-state index is 12.2. The van der Waals surface area contributed by atoms with Crippen LogP contribution in [-0.4, -0.2) is 30.7 Å². The Balaban J connectivity index is 1.84. The number of fused-ring (bicyclic) bond motifs is 1. The zero-order valence-corrected chi connectivity index (χ0v) is 19.6. The Kier molecular flexibility index (Phi) is 7.95. The van der Waals surface area contributed by atoms with Crippen molar-refractivity contribution in [2.24, 2.45) is 29.4 Å². The number of aromatic amines is 1. The Morgan fingerprint density at radius 3 is 2.61 bits per heavy atom. The van der Waals surface area contributed by atoms with Crippen LogP contribution in [0.3, 0.4) is 0 Å². The summed E-state index contributed by atoms with van der Waals surface area (Å²) in [6, 6.07) is 8.53. The summed E-state index contributed by atoms with van der Waals surface area (Å²) in [6.07, 6.45) is 6.73. The minimum Gasteiger partial charge on any atom is -0.429 e. The van der Waals surface area contributed by atoms with Gasteiger partial charge in [-0.05, 0) is 72.1 Å². The molecule has 0 saturated heterocycles. The number of methoxy groups -OCH3 is 1. The van der Waals surface area contributed by atoms with Crippen LogP contribution >= 0.6 is 0 Å². The number of rotatable bonds is 11. The molecule has 1 aromatic carbocycles. The summed E-state index contributed by atoms with van der Waals surface area (Å²) in [5.74, 6) is 1.65. The molecule has 0 fully saturated rings. The van der Waals surface area contributed by atoms with Crippen LogP contribution in [0.4, 0.5) is 0 Å². The number of benzene rings is 1. The second-order valence-electron chi connectivity index (χ2n) is 9.58. The van der Waals surface area contributed by atoms with Gasteiger partial charge in [-0.2, -0.15) is 0 Å². The molecule has 3 rings (SSSR count). The van der Waals surface area contributed by atoms with Crippen molar-refractivity contribution in [3.8, 4) is 0 Å². The molecule has 0 bridgehead atoms. The van der Waals surface area contributed by atoms with Crippen LogP contribution < -0.4 is 5.73 Å². The number of aromatic nitrogens is 1. The standard InChI is InChI=1S/C26H38N2O3/c1-16(2)21(14-23(27)25-15-22(17(3)4)26(29)31-25)20(7-6-12-30-5)19-9-8-18-10-11-28-24(18)13-19/h8-11,13,15-17,20-23,28H,6-7,12,14,27H2,1-5H3/t20?,21-,22+,23-/m0/s1. The van der Waals surface area contributed by atoms with E-state index in [1.807, 2.05) is 26.1 Å². The van der Waals surface area contributed by atoms with Gasteiger partial charge in [0.05, 0.1) is 12.0 Å². The molecule has 0 spiro atoms. The normalized spacial score (nSPS) is 19.7. The lowest BCUT2D eigenvalue weighted by Gasteiger charge is -2.33. The Morgan fingerprint density at radius 1 is 1.19 bits per heavy atom. The van der Waals surface area contributed by atoms with Gasteiger partial charge in [0.1, 0.15) is 5.76 Å². The molecule has 3 N–H and O–H groups in total. The number of ether oxygens (including phenoxy) is 2. The van der Waals surface area contributed by atoms with E-state index in [1.54, 1.807) is 7.11 Å². The summed E-state index contributed by atoms with van der Waals surface area (Å²) >= 11 is 0. The van der Waals surface area contributed by atoms with Crippen molar-refractivity contribution in [3.05, 3.63) is 47.9 Å². The van der Waals surface area contributed by atoms with E-state index in [0.29, 0.717) is 23.5 Å². The van der Waals surface area contributed by atoms with Crippen molar-refractivity contribution in [3.63, 3.8) is 0 Å². The lowest BCUT2D eigenvalue weighted by Crippen LogP contribution is -2.31.